The number of aromatic nitrogens is 1. The topological polar surface area (TPSA) is 79.5 Å². The lowest BCUT2D eigenvalue weighted by Gasteiger charge is -2.02. The first kappa shape index (κ1) is 10.0. The molecule has 0 saturated heterocycles. The number of amides is 2. The zero-order chi connectivity index (χ0) is 10.7. The molecular formula is C8H10N4O2S. The molecule has 7 heteroatoms. The van der Waals surface area contributed by atoms with Gasteiger partial charge in [-0.15, -0.1) is 0 Å². The van der Waals surface area contributed by atoms with Gasteiger partial charge in [0.1, 0.15) is 5.76 Å². The Morgan fingerprint density at radius 3 is 3.07 bits per heavy atom. The third-order valence-corrected chi connectivity index (χ3v) is 2.57. The maximum Gasteiger partial charge on any atom is 0.326 e. The monoisotopic (exact) mass is 226 g/mol. The minimum atomic E-state index is -0.351. The Bertz CT molecular complexity index is 401. The molecule has 1 aliphatic heterocycles. The fraction of sp³-hybridized carbons (Fsp3) is 0.375. The van der Waals surface area contributed by atoms with Gasteiger partial charge in [0.15, 0.2) is 11.0 Å². The van der Waals surface area contributed by atoms with Crippen LogP contribution in [0.25, 0.3) is 0 Å². The summed E-state index contributed by atoms with van der Waals surface area (Å²) < 4.78 is 4.81. The third kappa shape index (κ3) is 2.72. The van der Waals surface area contributed by atoms with Crippen molar-refractivity contribution in [3.8, 4) is 0 Å². The van der Waals surface area contributed by atoms with Crippen LogP contribution < -0.4 is 10.6 Å². The summed E-state index contributed by atoms with van der Waals surface area (Å²) in [5.74, 6) is 1.96. The number of aliphatic imine (C=N–C) groups is 1. The summed E-state index contributed by atoms with van der Waals surface area (Å²) in [5, 5.41) is 9.44. The Morgan fingerprint density at radius 1 is 1.60 bits per heavy atom. The van der Waals surface area contributed by atoms with Crippen molar-refractivity contribution in [1.82, 2.24) is 10.5 Å². The zero-order valence-corrected chi connectivity index (χ0v) is 8.93. The molecule has 0 bridgehead atoms. The summed E-state index contributed by atoms with van der Waals surface area (Å²) in [4.78, 5) is 15.5. The summed E-state index contributed by atoms with van der Waals surface area (Å²) >= 11 is 1.52. The number of nitrogens with zero attached hydrogens (tertiary/aromatic N) is 2. The number of amidine groups is 1. The number of nitrogens with one attached hydrogen (secondary N) is 2. The Hall–Kier alpha value is -1.50. The minimum absolute atomic E-state index is 0.351. The van der Waals surface area contributed by atoms with Gasteiger partial charge in [0.25, 0.3) is 0 Å². The Kier molecular flexibility index (Phi) is 2.91. The van der Waals surface area contributed by atoms with Gasteiger partial charge in [0, 0.05) is 11.8 Å². The lowest BCUT2D eigenvalue weighted by atomic mass is 10.5. The molecule has 6 nitrogen and oxygen atoms in total. The number of urea groups is 1. The van der Waals surface area contributed by atoms with Crippen LogP contribution in [-0.2, 0) is 0 Å². The fourth-order valence-corrected chi connectivity index (χ4v) is 1.80. The maximum absolute atomic E-state index is 11.4. The van der Waals surface area contributed by atoms with Crippen molar-refractivity contribution in [1.29, 1.82) is 0 Å². The number of thioether (sulfide) groups is 1. The first-order valence-electron chi connectivity index (χ1n) is 4.42. The Labute approximate surface area is 90.5 Å². The number of hydrogen-bond donors (Lipinski definition) is 2. The zero-order valence-electron chi connectivity index (χ0n) is 8.11. The number of carbonyl (C=O) groups excluding carboxylic acids is 1. The van der Waals surface area contributed by atoms with Crippen LogP contribution in [0.2, 0.25) is 0 Å². The molecule has 15 heavy (non-hydrogen) atoms. The van der Waals surface area contributed by atoms with Crippen molar-refractivity contribution in [3.05, 3.63) is 11.8 Å². The second-order valence-electron chi connectivity index (χ2n) is 2.94. The first-order valence-corrected chi connectivity index (χ1v) is 5.41. The van der Waals surface area contributed by atoms with Crippen LogP contribution in [0.3, 0.4) is 0 Å². The highest BCUT2D eigenvalue weighted by molar-refractivity contribution is 8.14. The molecule has 0 radical (unpaired) electrons. The van der Waals surface area contributed by atoms with Gasteiger partial charge in [-0.05, 0) is 6.92 Å². The largest absolute Gasteiger partial charge is 0.360 e. The quantitative estimate of drug-likeness (QED) is 0.754. The second kappa shape index (κ2) is 4.35. The number of carbonyl (C=O) groups is 1. The van der Waals surface area contributed by atoms with Crippen LogP contribution in [0.15, 0.2) is 15.6 Å². The molecule has 1 aromatic rings. The molecule has 2 amide bonds. The van der Waals surface area contributed by atoms with Gasteiger partial charge in [-0.1, -0.05) is 16.9 Å². The molecule has 0 unspecified atom stereocenters. The van der Waals surface area contributed by atoms with Crippen LogP contribution in [0.4, 0.5) is 10.6 Å². The van der Waals surface area contributed by atoms with Crippen LogP contribution in [0.5, 0.6) is 0 Å². The van der Waals surface area contributed by atoms with Crippen LogP contribution in [0.1, 0.15) is 5.76 Å². The van der Waals surface area contributed by atoms with Gasteiger partial charge in [0.05, 0.1) is 6.54 Å². The lowest BCUT2D eigenvalue weighted by molar-refractivity contribution is 0.256. The summed E-state index contributed by atoms with van der Waals surface area (Å²) in [6.45, 7) is 2.51. The minimum Gasteiger partial charge on any atom is -0.360 e. The summed E-state index contributed by atoms with van der Waals surface area (Å²) in [6.07, 6.45) is 0. The molecule has 2 heterocycles. The Balaban J connectivity index is 1.87. The van der Waals surface area contributed by atoms with Gasteiger partial charge in [0.2, 0.25) is 0 Å². The highest BCUT2D eigenvalue weighted by Gasteiger charge is 2.11. The van der Waals surface area contributed by atoms with Crippen molar-refractivity contribution in [2.75, 3.05) is 17.6 Å². The van der Waals surface area contributed by atoms with Gasteiger partial charge < -0.3 is 4.52 Å². The molecular weight excluding hydrogens is 216 g/mol. The lowest BCUT2D eigenvalue weighted by Crippen LogP contribution is -2.31. The molecule has 80 valence electrons. The van der Waals surface area contributed by atoms with Crippen LogP contribution >= 0.6 is 11.8 Å². The average molecular weight is 226 g/mol. The summed E-state index contributed by atoms with van der Waals surface area (Å²) in [7, 11) is 0. The number of rotatable bonds is 1. The molecule has 0 saturated carbocycles. The van der Waals surface area contributed by atoms with Gasteiger partial charge in [-0.2, -0.15) is 0 Å². The highest BCUT2D eigenvalue weighted by atomic mass is 32.2. The van der Waals surface area contributed by atoms with E-state index in [1.54, 1.807) is 13.0 Å². The first-order chi connectivity index (χ1) is 7.24. The number of aryl methyl sites for hydroxylation is 1. The predicted molar refractivity (Wildman–Crippen MR) is 58.2 cm³/mol. The van der Waals surface area contributed by atoms with E-state index in [0.29, 0.717) is 16.7 Å². The van der Waals surface area contributed by atoms with Gasteiger partial charge in [-0.3, -0.25) is 15.6 Å². The normalized spacial score (nSPS) is 14.9. The summed E-state index contributed by atoms with van der Waals surface area (Å²) in [6, 6.07) is 1.29. The van der Waals surface area contributed by atoms with E-state index in [-0.39, 0.29) is 6.03 Å². The van der Waals surface area contributed by atoms with E-state index < -0.39 is 0 Å². The maximum atomic E-state index is 11.4. The van der Waals surface area contributed by atoms with Gasteiger partial charge >= 0.3 is 6.03 Å². The molecule has 1 aliphatic rings. The molecule has 2 rings (SSSR count). The van der Waals surface area contributed by atoms with Crippen LogP contribution in [0, 0.1) is 6.92 Å². The molecule has 0 atom stereocenters. The smallest absolute Gasteiger partial charge is 0.326 e. The van der Waals surface area contributed by atoms with Gasteiger partial charge in [-0.25, -0.2) is 4.79 Å². The Morgan fingerprint density at radius 2 is 2.47 bits per heavy atom. The fourth-order valence-electron chi connectivity index (χ4n) is 1.08. The van der Waals surface area contributed by atoms with E-state index in [1.807, 2.05) is 0 Å². The van der Waals surface area contributed by atoms with E-state index >= 15 is 0 Å². The standard InChI is InChI=1S/C8H10N4O2S/c1-5-4-6(12-14-5)10-7(13)11-8-9-2-3-15-8/h4H,2-3H2,1H3,(H2,9,10,11,12,13). The third-order valence-electron chi connectivity index (χ3n) is 1.68. The number of anilines is 1. The molecule has 2 N–H and O–H groups in total. The van der Waals surface area contributed by atoms with Crippen molar-refractivity contribution < 1.29 is 9.32 Å². The molecule has 0 aliphatic carbocycles. The predicted octanol–water partition coefficient (Wildman–Crippen LogP) is 1.21. The average Bonchev–Trinajstić information content (AvgIpc) is 2.77. The van der Waals surface area contributed by atoms with Crippen LogP contribution in [-0.4, -0.2) is 28.7 Å². The van der Waals surface area contributed by atoms with Crippen molar-refractivity contribution >= 4 is 28.8 Å². The van der Waals surface area contributed by atoms with E-state index in [2.05, 4.69) is 20.8 Å². The number of hydrogen-bond acceptors (Lipinski definition) is 5. The van der Waals surface area contributed by atoms with E-state index in [4.69, 9.17) is 4.52 Å². The molecule has 0 aromatic carbocycles. The van der Waals surface area contributed by atoms with E-state index in [0.717, 1.165) is 12.3 Å². The molecule has 0 spiro atoms. The van der Waals surface area contributed by atoms with Crippen molar-refractivity contribution in [3.63, 3.8) is 0 Å². The van der Waals surface area contributed by atoms with E-state index in [1.165, 1.54) is 11.8 Å². The van der Waals surface area contributed by atoms with Crippen molar-refractivity contribution in [2.45, 2.75) is 6.92 Å². The van der Waals surface area contributed by atoms with Crippen molar-refractivity contribution in [2.24, 2.45) is 4.99 Å². The highest BCUT2D eigenvalue weighted by Crippen LogP contribution is 2.10. The SMILES string of the molecule is Cc1cc(NC(=O)NC2=NCCS2)no1. The summed E-state index contributed by atoms with van der Waals surface area (Å²) in [5.41, 5.74) is 0. The molecule has 0 fully saturated rings. The van der Waals surface area contributed by atoms with E-state index in [9.17, 15) is 4.79 Å². The molecule has 1 aromatic heterocycles. The second-order valence-corrected chi connectivity index (χ2v) is 4.02.